The van der Waals surface area contributed by atoms with Crippen LogP contribution in [-0.2, 0) is 9.47 Å². The third kappa shape index (κ3) is 3.46. The van der Waals surface area contributed by atoms with Crippen molar-refractivity contribution in [3.8, 4) is 0 Å². The molecule has 0 amide bonds. The molecule has 1 aliphatic heterocycles. The number of hydrogen-bond donors (Lipinski definition) is 1. The highest BCUT2D eigenvalue weighted by atomic mass is 32.2. The Morgan fingerprint density at radius 2 is 1.79 bits per heavy atom. The Hall–Kier alpha value is 0.230. The first-order chi connectivity index (χ1) is 9.30. The number of ether oxygens (including phenoxy) is 2. The van der Waals surface area contributed by atoms with Crippen LogP contribution in [0.3, 0.4) is 0 Å². The number of hydrogen-bond acceptors (Lipinski definition) is 4. The molecule has 0 radical (unpaired) electrons. The van der Waals surface area contributed by atoms with Crippen molar-refractivity contribution in [3.05, 3.63) is 0 Å². The molecule has 3 nitrogen and oxygen atoms in total. The van der Waals surface area contributed by atoms with Crippen LogP contribution >= 0.6 is 11.8 Å². The first-order valence-electron chi connectivity index (χ1n) is 7.95. The smallest absolute Gasteiger partial charge is 0.168 e. The van der Waals surface area contributed by atoms with E-state index >= 15 is 0 Å². The fraction of sp³-hybridized carbons (Fsp3) is 1.00. The third-order valence-corrected chi connectivity index (χ3v) is 6.05. The van der Waals surface area contributed by atoms with Gasteiger partial charge in [0.2, 0.25) is 0 Å². The minimum Gasteiger partial charge on any atom is -0.348 e. The van der Waals surface area contributed by atoms with E-state index in [4.69, 9.17) is 9.47 Å². The molecular weight excluding hydrogens is 258 g/mol. The molecular formula is C15H27NO2S. The van der Waals surface area contributed by atoms with Crippen LogP contribution in [0.15, 0.2) is 0 Å². The zero-order chi connectivity index (χ0) is 13.1. The maximum atomic E-state index is 5.80. The van der Waals surface area contributed by atoms with E-state index in [2.05, 4.69) is 24.0 Å². The topological polar surface area (TPSA) is 30.5 Å². The van der Waals surface area contributed by atoms with E-state index in [1.165, 1.54) is 37.9 Å². The van der Waals surface area contributed by atoms with Crippen molar-refractivity contribution in [3.63, 3.8) is 0 Å². The largest absolute Gasteiger partial charge is 0.348 e. The van der Waals surface area contributed by atoms with E-state index in [9.17, 15) is 0 Å². The van der Waals surface area contributed by atoms with Gasteiger partial charge in [0.15, 0.2) is 5.79 Å². The van der Waals surface area contributed by atoms with Gasteiger partial charge in [0.05, 0.1) is 13.2 Å². The van der Waals surface area contributed by atoms with E-state index < -0.39 is 0 Å². The summed E-state index contributed by atoms with van der Waals surface area (Å²) in [5, 5.41) is 4.79. The van der Waals surface area contributed by atoms with E-state index in [0.717, 1.165) is 37.3 Å². The summed E-state index contributed by atoms with van der Waals surface area (Å²) in [5.41, 5.74) is 0. The summed E-state index contributed by atoms with van der Waals surface area (Å²) in [6.45, 7) is 3.85. The molecule has 3 rings (SSSR count). The standard InChI is InChI=1S/C15H27NO2S/c1-2-19-14-4-3-13(11-14)16-12-5-7-15(8-6-12)17-9-10-18-15/h12-14,16H,2-11H2,1H3/t13-,14+/m1/s1. The van der Waals surface area contributed by atoms with Crippen LogP contribution in [0.1, 0.15) is 51.9 Å². The van der Waals surface area contributed by atoms with Crippen molar-refractivity contribution in [2.24, 2.45) is 0 Å². The van der Waals surface area contributed by atoms with E-state index in [-0.39, 0.29) is 5.79 Å². The fourth-order valence-electron chi connectivity index (χ4n) is 3.82. The van der Waals surface area contributed by atoms with Gasteiger partial charge < -0.3 is 14.8 Å². The Kier molecular flexibility index (Phi) is 4.73. The van der Waals surface area contributed by atoms with Crippen LogP contribution in [0.5, 0.6) is 0 Å². The second kappa shape index (κ2) is 6.33. The molecule has 0 unspecified atom stereocenters. The highest BCUT2D eigenvalue weighted by Crippen LogP contribution is 2.37. The van der Waals surface area contributed by atoms with Gasteiger partial charge in [0.25, 0.3) is 0 Å². The van der Waals surface area contributed by atoms with Gasteiger partial charge in [0, 0.05) is 30.2 Å². The monoisotopic (exact) mass is 285 g/mol. The average Bonchev–Trinajstić information content (AvgIpc) is 3.04. The zero-order valence-corrected chi connectivity index (χ0v) is 12.8. The van der Waals surface area contributed by atoms with Crippen molar-refractivity contribution < 1.29 is 9.47 Å². The second-order valence-corrected chi connectivity index (χ2v) is 7.71. The summed E-state index contributed by atoms with van der Waals surface area (Å²) < 4.78 is 11.6. The molecule has 4 heteroatoms. The van der Waals surface area contributed by atoms with Crippen LogP contribution in [0.25, 0.3) is 0 Å². The predicted molar refractivity (Wildman–Crippen MR) is 79.6 cm³/mol. The van der Waals surface area contributed by atoms with E-state index in [1.807, 2.05) is 0 Å². The van der Waals surface area contributed by atoms with Gasteiger partial charge >= 0.3 is 0 Å². The Morgan fingerprint density at radius 3 is 2.47 bits per heavy atom. The molecule has 0 aromatic carbocycles. The number of nitrogens with one attached hydrogen (secondary N) is 1. The molecule has 1 saturated heterocycles. The molecule has 3 aliphatic rings. The van der Waals surface area contributed by atoms with Crippen molar-refractivity contribution in [2.75, 3.05) is 19.0 Å². The van der Waals surface area contributed by atoms with Gasteiger partial charge in [-0.05, 0) is 37.9 Å². The number of rotatable bonds is 4. The molecule has 0 bridgehead atoms. The van der Waals surface area contributed by atoms with Crippen LogP contribution in [0.2, 0.25) is 0 Å². The third-order valence-electron chi connectivity index (χ3n) is 4.82. The molecule has 110 valence electrons. The summed E-state index contributed by atoms with van der Waals surface area (Å²) in [6, 6.07) is 1.45. The lowest BCUT2D eigenvalue weighted by Crippen LogP contribution is -2.45. The zero-order valence-electron chi connectivity index (χ0n) is 12.0. The Bertz CT molecular complexity index is 284. The summed E-state index contributed by atoms with van der Waals surface area (Å²) >= 11 is 2.14. The molecule has 0 aromatic heterocycles. The maximum absolute atomic E-state index is 5.80. The van der Waals surface area contributed by atoms with Crippen molar-refractivity contribution in [1.29, 1.82) is 0 Å². The molecule has 2 aliphatic carbocycles. The number of thioether (sulfide) groups is 1. The molecule has 1 N–H and O–H groups in total. The lowest BCUT2D eigenvalue weighted by Gasteiger charge is -2.36. The SMILES string of the molecule is CCS[C@H]1CC[C@@H](NC2CCC3(CC2)OCCO3)C1. The lowest BCUT2D eigenvalue weighted by molar-refractivity contribution is -0.179. The molecule has 0 aromatic rings. The molecule has 2 atom stereocenters. The first kappa shape index (κ1) is 14.2. The lowest BCUT2D eigenvalue weighted by atomic mass is 9.89. The molecule has 1 heterocycles. The molecule has 3 fully saturated rings. The average molecular weight is 285 g/mol. The van der Waals surface area contributed by atoms with Gasteiger partial charge in [-0.3, -0.25) is 0 Å². The predicted octanol–water partition coefficient (Wildman–Crippen LogP) is 2.94. The van der Waals surface area contributed by atoms with E-state index in [0.29, 0.717) is 6.04 Å². The minimum absolute atomic E-state index is 0.200. The summed E-state index contributed by atoms with van der Waals surface area (Å²) in [5.74, 6) is 1.06. The Balaban J connectivity index is 1.40. The Morgan fingerprint density at radius 1 is 1.05 bits per heavy atom. The molecule has 2 saturated carbocycles. The highest BCUT2D eigenvalue weighted by molar-refractivity contribution is 7.99. The van der Waals surface area contributed by atoms with Crippen molar-refractivity contribution in [2.45, 2.75) is 75.0 Å². The molecule has 1 spiro atoms. The van der Waals surface area contributed by atoms with Crippen LogP contribution in [0, 0.1) is 0 Å². The normalized spacial score (nSPS) is 35.2. The van der Waals surface area contributed by atoms with Crippen LogP contribution < -0.4 is 5.32 Å². The highest BCUT2D eigenvalue weighted by Gasteiger charge is 2.40. The minimum atomic E-state index is -0.200. The first-order valence-corrected chi connectivity index (χ1v) is 9.00. The summed E-state index contributed by atoms with van der Waals surface area (Å²) in [4.78, 5) is 0. The van der Waals surface area contributed by atoms with Gasteiger partial charge in [-0.1, -0.05) is 6.92 Å². The van der Waals surface area contributed by atoms with Crippen LogP contribution in [-0.4, -0.2) is 42.1 Å². The molecule has 19 heavy (non-hydrogen) atoms. The summed E-state index contributed by atoms with van der Waals surface area (Å²) in [7, 11) is 0. The fourth-order valence-corrected chi connectivity index (χ4v) is 4.96. The Labute approximate surface area is 121 Å². The summed E-state index contributed by atoms with van der Waals surface area (Å²) in [6.07, 6.45) is 8.71. The van der Waals surface area contributed by atoms with Gasteiger partial charge in [0.1, 0.15) is 0 Å². The van der Waals surface area contributed by atoms with Gasteiger partial charge in [-0.25, -0.2) is 0 Å². The van der Waals surface area contributed by atoms with Crippen molar-refractivity contribution >= 4 is 11.8 Å². The van der Waals surface area contributed by atoms with E-state index in [1.54, 1.807) is 0 Å². The maximum Gasteiger partial charge on any atom is 0.168 e. The van der Waals surface area contributed by atoms with Crippen molar-refractivity contribution in [1.82, 2.24) is 5.32 Å². The second-order valence-electron chi connectivity index (χ2n) is 6.14. The van der Waals surface area contributed by atoms with Gasteiger partial charge in [-0.2, -0.15) is 11.8 Å². The quantitative estimate of drug-likeness (QED) is 0.860. The van der Waals surface area contributed by atoms with Crippen LogP contribution in [0.4, 0.5) is 0 Å². The van der Waals surface area contributed by atoms with Gasteiger partial charge in [-0.15, -0.1) is 0 Å².